The summed E-state index contributed by atoms with van der Waals surface area (Å²) in [5, 5.41) is 14.4. The summed E-state index contributed by atoms with van der Waals surface area (Å²) in [5.74, 6) is -0.0906. The number of aromatic nitrogens is 3. The summed E-state index contributed by atoms with van der Waals surface area (Å²) in [7, 11) is 1.77. The van der Waals surface area contributed by atoms with E-state index in [4.69, 9.17) is 0 Å². The maximum Gasteiger partial charge on any atom is 0.251 e. The lowest BCUT2D eigenvalue weighted by atomic mass is 10.1. The maximum absolute atomic E-state index is 13.0. The first-order valence-corrected chi connectivity index (χ1v) is 10.3. The largest absolute Gasteiger partial charge is 0.349 e. The minimum absolute atomic E-state index is 0.0870. The Kier molecular flexibility index (Phi) is 7.18. The van der Waals surface area contributed by atoms with Gasteiger partial charge in [0.1, 0.15) is 5.82 Å². The third kappa shape index (κ3) is 5.66. The van der Waals surface area contributed by atoms with Crippen molar-refractivity contribution < 1.29 is 14.0 Å². The van der Waals surface area contributed by atoms with Crippen molar-refractivity contribution in [1.29, 1.82) is 0 Å². The second-order valence-corrected chi connectivity index (χ2v) is 7.58. The molecule has 0 spiro atoms. The molecule has 0 unspecified atom stereocenters. The fourth-order valence-corrected chi connectivity index (χ4v) is 3.47. The van der Waals surface area contributed by atoms with Crippen LogP contribution in [0.15, 0.2) is 59.8 Å². The lowest BCUT2D eigenvalue weighted by molar-refractivity contribution is -0.119. The van der Waals surface area contributed by atoms with E-state index in [1.54, 1.807) is 11.6 Å². The average molecular weight is 428 g/mol. The van der Waals surface area contributed by atoms with Gasteiger partial charge in [-0.05, 0) is 36.8 Å². The fourth-order valence-electron chi connectivity index (χ4n) is 2.73. The zero-order valence-electron chi connectivity index (χ0n) is 16.6. The number of rotatable bonds is 8. The fraction of sp³-hybridized carbons (Fsp3) is 0.238. The van der Waals surface area contributed by atoms with E-state index < -0.39 is 5.82 Å². The number of hydrogen-bond donors (Lipinski definition) is 2. The summed E-state index contributed by atoms with van der Waals surface area (Å²) in [6.07, 6.45) is 0. The zero-order valence-corrected chi connectivity index (χ0v) is 17.4. The van der Waals surface area contributed by atoms with Crippen molar-refractivity contribution in [3.05, 3.63) is 77.4 Å². The van der Waals surface area contributed by atoms with Gasteiger partial charge < -0.3 is 15.2 Å². The molecule has 30 heavy (non-hydrogen) atoms. The van der Waals surface area contributed by atoms with Gasteiger partial charge in [0.2, 0.25) is 5.91 Å². The molecule has 9 heteroatoms. The van der Waals surface area contributed by atoms with Crippen LogP contribution in [0.1, 0.15) is 34.7 Å². The molecule has 156 valence electrons. The van der Waals surface area contributed by atoms with Crippen LogP contribution in [0.25, 0.3) is 0 Å². The molecule has 7 nitrogen and oxygen atoms in total. The van der Waals surface area contributed by atoms with Crippen molar-refractivity contribution >= 4 is 23.6 Å². The van der Waals surface area contributed by atoms with Crippen molar-refractivity contribution in [2.75, 3.05) is 5.75 Å². The van der Waals surface area contributed by atoms with Crippen LogP contribution >= 0.6 is 11.8 Å². The SMILES string of the molecule is C[C@H](NC(=O)CSc1nnc(CNC(=O)c2ccc(F)cc2)n1C)c1ccccc1. The highest BCUT2D eigenvalue weighted by Crippen LogP contribution is 2.17. The number of hydrogen-bond acceptors (Lipinski definition) is 5. The molecule has 0 fully saturated rings. The third-order valence-corrected chi connectivity index (χ3v) is 5.47. The van der Waals surface area contributed by atoms with Gasteiger partial charge in [-0.1, -0.05) is 42.1 Å². The number of benzene rings is 2. The predicted molar refractivity (Wildman–Crippen MR) is 112 cm³/mol. The number of nitrogens with one attached hydrogen (secondary N) is 2. The van der Waals surface area contributed by atoms with E-state index in [9.17, 15) is 14.0 Å². The van der Waals surface area contributed by atoms with Crippen LogP contribution in [0.3, 0.4) is 0 Å². The van der Waals surface area contributed by atoms with E-state index in [0.717, 1.165) is 5.56 Å². The number of carbonyl (C=O) groups is 2. The Hall–Kier alpha value is -3.20. The second-order valence-electron chi connectivity index (χ2n) is 6.64. The van der Waals surface area contributed by atoms with Crippen LogP contribution < -0.4 is 10.6 Å². The van der Waals surface area contributed by atoms with E-state index >= 15 is 0 Å². The molecular weight excluding hydrogens is 405 g/mol. The average Bonchev–Trinajstić information content (AvgIpc) is 3.11. The van der Waals surface area contributed by atoms with Gasteiger partial charge in [0.15, 0.2) is 11.0 Å². The molecule has 0 aliphatic carbocycles. The summed E-state index contributed by atoms with van der Waals surface area (Å²) in [4.78, 5) is 24.4. The minimum Gasteiger partial charge on any atom is -0.349 e. The summed E-state index contributed by atoms with van der Waals surface area (Å²) in [5.41, 5.74) is 1.39. The van der Waals surface area contributed by atoms with Gasteiger partial charge in [-0.25, -0.2) is 4.39 Å². The Bertz CT molecular complexity index is 1010. The van der Waals surface area contributed by atoms with Crippen LogP contribution in [0, 0.1) is 5.82 Å². The monoisotopic (exact) mass is 427 g/mol. The van der Waals surface area contributed by atoms with E-state index in [0.29, 0.717) is 16.5 Å². The van der Waals surface area contributed by atoms with Crippen molar-refractivity contribution in [3.8, 4) is 0 Å². The molecule has 3 aromatic rings. The molecular formula is C21H22FN5O2S. The van der Waals surface area contributed by atoms with E-state index in [2.05, 4.69) is 20.8 Å². The number of amides is 2. The highest BCUT2D eigenvalue weighted by atomic mass is 32.2. The molecule has 0 radical (unpaired) electrons. The van der Waals surface area contributed by atoms with Crippen molar-refractivity contribution in [1.82, 2.24) is 25.4 Å². The summed E-state index contributed by atoms with van der Waals surface area (Å²) in [6.45, 7) is 2.10. The number of nitrogens with zero attached hydrogens (tertiary/aromatic N) is 3. The first kappa shape index (κ1) is 21.5. The molecule has 3 rings (SSSR count). The lowest BCUT2D eigenvalue weighted by Crippen LogP contribution is -2.28. The summed E-state index contributed by atoms with van der Waals surface area (Å²) < 4.78 is 14.7. The van der Waals surface area contributed by atoms with Gasteiger partial charge in [-0.3, -0.25) is 9.59 Å². The lowest BCUT2D eigenvalue weighted by Gasteiger charge is -2.14. The van der Waals surface area contributed by atoms with Crippen LogP contribution in [0.4, 0.5) is 4.39 Å². The van der Waals surface area contributed by atoms with Gasteiger partial charge in [-0.15, -0.1) is 10.2 Å². The molecule has 0 saturated carbocycles. The Morgan fingerprint density at radius 2 is 1.80 bits per heavy atom. The Labute approximate surface area is 178 Å². The van der Waals surface area contributed by atoms with Crippen LogP contribution in [0.2, 0.25) is 0 Å². The Morgan fingerprint density at radius 3 is 2.50 bits per heavy atom. The standard InChI is InChI=1S/C21H22FN5O2S/c1-14(15-6-4-3-5-7-15)24-19(28)13-30-21-26-25-18(27(21)2)12-23-20(29)16-8-10-17(22)11-9-16/h3-11,14H,12-13H2,1-2H3,(H,23,29)(H,24,28)/t14-/m0/s1. The summed E-state index contributed by atoms with van der Waals surface area (Å²) in [6, 6.07) is 14.9. The molecule has 2 N–H and O–H groups in total. The number of thioether (sulfide) groups is 1. The van der Waals surface area contributed by atoms with Crippen LogP contribution in [-0.2, 0) is 18.4 Å². The molecule has 1 heterocycles. The molecule has 0 saturated heterocycles. The first-order chi connectivity index (χ1) is 14.4. The molecule has 1 atom stereocenters. The maximum atomic E-state index is 13.0. The second kappa shape index (κ2) is 10.0. The van der Waals surface area contributed by atoms with Gasteiger partial charge in [0.05, 0.1) is 18.3 Å². The van der Waals surface area contributed by atoms with E-state index in [-0.39, 0.29) is 30.2 Å². The molecule has 0 aliphatic rings. The van der Waals surface area contributed by atoms with E-state index in [1.165, 1.54) is 36.0 Å². The van der Waals surface area contributed by atoms with E-state index in [1.807, 2.05) is 37.3 Å². The molecule has 2 aromatic carbocycles. The third-order valence-electron chi connectivity index (χ3n) is 4.45. The van der Waals surface area contributed by atoms with Crippen molar-refractivity contribution in [2.24, 2.45) is 7.05 Å². The molecule has 0 bridgehead atoms. The predicted octanol–water partition coefficient (Wildman–Crippen LogP) is 2.85. The first-order valence-electron chi connectivity index (χ1n) is 9.33. The number of halogens is 1. The number of carbonyl (C=O) groups excluding carboxylic acids is 2. The van der Waals surface area contributed by atoms with Gasteiger partial charge >= 0.3 is 0 Å². The van der Waals surface area contributed by atoms with Crippen LogP contribution in [0.5, 0.6) is 0 Å². The smallest absolute Gasteiger partial charge is 0.251 e. The zero-order chi connectivity index (χ0) is 21.5. The normalized spacial score (nSPS) is 11.7. The highest BCUT2D eigenvalue weighted by molar-refractivity contribution is 7.99. The highest BCUT2D eigenvalue weighted by Gasteiger charge is 2.14. The van der Waals surface area contributed by atoms with Crippen molar-refractivity contribution in [2.45, 2.75) is 24.7 Å². The Morgan fingerprint density at radius 1 is 1.10 bits per heavy atom. The van der Waals surface area contributed by atoms with Crippen molar-refractivity contribution in [3.63, 3.8) is 0 Å². The minimum atomic E-state index is -0.399. The molecule has 1 aromatic heterocycles. The van der Waals surface area contributed by atoms with Crippen LogP contribution in [-0.4, -0.2) is 32.3 Å². The topological polar surface area (TPSA) is 88.9 Å². The molecule has 0 aliphatic heterocycles. The van der Waals surface area contributed by atoms with Gasteiger partial charge in [0, 0.05) is 12.6 Å². The summed E-state index contributed by atoms with van der Waals surface area (Å²) >= 11 is 1.27. The van der Waals surface area contributed by atoms with Gasteiger partial charge in [-0.2, -0.15) is 0 Å². The quantitative estimate of drug-likeness (QED) is 0.540. The molecule has 2 amide bonds. The van der Waals surface area contributed by atoms with Gasteiger partial charge in [0.25, 0.3) is 5.91 Å². The Balaban J connectivity index is 1.49.